The fourth-order valence-corrected chi connectivity index (χ4v) is 2.70. The molecule has 0 bridgehead atoms. The van der Waals surface area contributed by atoms with Gasteiger partial charge in [-0.15, -0.1) is 0 Å². The molecule has 0 aliphatic rings. The Hall–Kier alpha value is -2.47. The number of methoxy groups -OCH3 is 2. The second kappa shape index (κ2) is 9.29. The highest BCUT2D eigenvalue weighted by atomic mass is 35.5. The summed E-state index contributed by atoms with van der Waals surface area (Å²) in [5.41, 5.74) is 1.30. The van der Waals surface area contributed by atoms with Gasteiger partial charge in [0.15, 0.2) is 11.5 Å². The van der Waals surface area contributed by atoms with E-state index in [9.17, 15) is 9.18 Å². The zero-order valence-electron chi connectivity index (χ0n) is 15.0. The van der Waals surface area contributed by atoms with E-state index >= 15 is 0 Å². The molecule has 7 heteroatoms. The van der Waals surface area contributed by atoms with Gasteiger partial charge < -0.3 is 19.7 Å². The van der Waals surface area contributed by atoms with Gasteiger partial charge in [-0.3, -0.25) is 0 Å². The highest BCUT2D eigenvalue weighted by Crippen LogP contribution is 2.27. The first-order valence-electron chi connectivity index (χ1n) is 8.09. The number of amides is 2. The van der Waals surface area contributed by atoms with E-state index in [1.807, 2.05) is 18.2 Å². The molecular formula is C19H22ClFN2O3. The molecule has 0 unspecified atom stereocenters. The van der Waals surface area contributed by atoms with Gasteiger partial charge in [-0.25, -0.2) is 9.18 Å². The van der Waals surface area contributed by atoms with Crippen LogP contribution in [0.5, 0.6) is 11.5 Å². The average molecular weight is 381 g/mol. The van der Waals surface area contributed by atoms with Crippen molar-refractivity contribution >= 4 is 17.6 Å². The number of hydrogen-bond acceptors (Lipinski definition) is 3. The van der Waals surface area contributed by atoms with E-state index in [-0.39, 0.29) is 12.6 Å². The van der Waals surface area contributed by atoms with E-state index in [0.29, 0.717) is 35.1 Å². The summed E-state index contributed by atoms with van der Waals surface area (Å²) >= 11 is 6.00. The lowest BCUT2D eigenvalue weighted by atomic mass is 10.1. The van der Waals surface area contributed by atoms with Gasteiger partial charge in [0.25, 0.3) is 0 Å². The van der Waals surface area contributed by atoms with Crippen molar-refractivity contribution in [3.05, 3.63) is 58.4 Å². The van der Waals surface area contributed by atoms with Crippen LogP contribution in [0.15, 0.2) is 36.4 Å². The van der Waals surface area contributed by atoms with Crippen molar-refractivity contribution in [3.63, 3.8) is 0 Å². The van der Waals surface area contributed by atoms with Gasteiger partial charge in [0.05, 0.1) is 20.8 Å². The smallest absolute Gasteiger partial charge is 0.317 e. The molecule has 0 saturated carbocycles. The van der Waals surface area contributed by atoms with Gasteiger partial charge in [0, 0.05) is 24.2 Å². The maximum atomic E-state index is 13.8. The third-order valence-corrected chi connectivity index (χ3v) is 4.30. The third-order valence-electron chi connectivity index (χ3n) is 3.94. The van der Waals surface area contributed by atoms with E-state index < -0.39 is 5.82 Å². The monoisotopic (exact) mass is 380 g/mol. The van der Waals surface area contributed by atoms with E-state index in [4.69, 9.17) is 21.1 Å². The molecule has 26 heavy (non-hydrogen) atoms. The molecule has 0 fully saturated rings. The fourth-order valence-electron chi connectivity index (χ4n) is 2.48. The molecule has 0 spiro atoms. The number of nitrogens with zero attached hydrogens (tertiary/aromatic N) is 1. The van der Waals surface area contributed by atoms with Crippen LogP contribution in [-0.4, -0.2) is 38.7 Å². The minimum absolute atomic E-state index is 0.0910. The lowest BCUT2D eigenvalue weighted by Crippen LogP contribution is -2.38. The maximum Gasteiger partial charge on any atom is 0.317 e. The Balaban J connectivity index is 1.88. The lowest BCUT2D eigenvalue weighted by Gasteiger charge is -2.19. The van der Waals surface area contributed by atoms with Crippen LogP contribution >= 0.6 is 11.6 Å². The van der Waals surface area contributed by atoms with Gasteiger partial charge in [0.1, 0.15) is 5.82 Å². The molecule has 0 heterocycles. The van der Waals surface area contributed by atoms with Crippen LogP contribution in [-0.2, 0) is 13.0 Å². The predicted molar refractivity (Wildman–Crippen MR) is 99.5 cm³/mol. The van der Waals surface area contributed by atoms with Crippen LogP contribution in [0.25, 0.3) is 0 Å². The number of halogens is 2. The molecular weight excluding hydrogens is 359 g/mol. The van der Waals surface area contributed by atoms with Crippen molar-refractivity contribution in [1.29, 1.82) is 0 Å². The average Bonchev–Trinajstić information content (AvgIpc) is 2.64. The van der Waals surface area contributed by atoms with Gasteiger partial charge in [-0.1, -0.05) is 23.7 Å². The first-order valence-corrected chi connectivity index (χ1v) is 8.46. The molecule has 0 aromatic heterocycles. The molecule has 1 N–H and O–H groups in total. The number of benzene rings is 2. The van der Waals surface area contributed by atoms with Crippen molar-refractivity contribution in [2.75, 3.05) is 27.8 Å². The van der Waals surface area contributed by atoms with Crippen LogP contribution in [0.3, 0.4) is 0 Å². The van der Waals surface area contributed by atoms with E-state index in [2.05, 4.69) is 5.32 Å². The molecule has 2 amide bonds. The highest BCUT2D eigenvalue weighted by molar-refractivity contribution is 6.31. The normalized spacial score (nSPS) is 10.3. The van der Waals surface area contributed by atoms with Crippen LogP contribution in [0, 0.1) is 5.82 Å². The Kier molecular flexibility index (Phi) is 7.09. The third kappa shape index (κ3) is 5.02. The number of rotatable bonds is 7. The minimum Gasteiger partial charge on any atom is -0.493 e. The molecule has 2 aromatic rings. The number of carbonyl (C=O) groups excluding carboxylic acids is 1. The van der Waals surface area contributed by atoms with E-state index in [1.54, 1.807) is 27.3 Å². The summed E-state index contributed by atoms with van der Waals surface area (Å²) in [6.45, 7) is 0.525. The molecule has 0 saturated heterocycles. The Morgan fingerprint density at radius 2 is 1.92 bits per heavy atom. The van der Waals surface area contributed by atoms with Crippen molar-refractivity contribution < 1.29 is 18.7 Å². The van der Waals surface area contributed by atoms with E-state index in [1.165, 1.54) is 17.0 Å². The summed E-state index contributed by atoms with van der Waals surface area (Å²) in [7, 11) is 4.75. The Morgan fingerprint density at radius 3 is 2.58 bits per heavy atom. The Labute approximate surface area is 157 Å². The van der Waals surface area contributed by atoms with Crippen LogP contribution in [0.4, 0.5) is 9.18 Å². The topological polar surface area (TPSA) is 50.8 Å². The van der Waals surface area contributed by atoms with Crippen LogP contribution in [0.1, 0.15) is 11.1 Å². The summed E-state index contributed by atoms with van der Waals surface area (Å²) in [6.07, 6.45) is 0.625. The standard InChI is InChI=1S/C19H22ClFN2O3/c1-23(12-14-15(20)5-4-6-16(14)21)19(24)22-10-9-13-7-8-17(25-2)18(11-13)26-3/h4-8,11H,9-10,12H2,1-3H3,(H,22,24). The summed E-state index contributed by atoms with van der Waals surface area (Å²) in [5.74, 6) is 0.868. The Bertz CT molecular complexity index is 750. The molecule has 0 aliphatic heterocycles. The van der Waals surface area contributed by atoms with Gasteiger partial charge in [0.2, 0.25) is 0 Å². The molecule has 140 valence electrons. The Morgan fingerprint density at radius 1 is 1.19 bits per heavy atom. The van der Waals surface area contributed by atoms with Crippen molar-refractivity contribution in [2.45, 2.75) is 13.0 Å². The first kappa shape index (κ1) is 19.8. The molecule has 0 atom stereocenters. The number of ether oxygens (including phenoxy) is 2. The predicted octanol–water partition coefficient (Wildman–Crippen LogP) is 3.88. The zero-order valence-corrected chi connectivity index (χ0v) is 15.8. The quantitative estimate of drug-likeness (QED) is 0.793. The number of hydrogen-bond donors (Lipinski definition) is 1. The zero-order chi connectivity index (χ0) is 19.1. The van der Waals surface area contributed by atoms with E-state index in [0.717, 1.165) is 5.56 Å². The second-order valence-corrected chi connectivity index (χ2v) is 6.13. The number of nitrogens with one attached hydrogen (secondary N) is 1. The van der Waals surface area contributed by atoms with Crippen LogP contribution in [0.2, 0.25) is 5.02 Å². The number of carbonyl (C=O) groups is 1. The maximum absolute atomic E-state index is 13.8. The highest BCUT2D eigenvalue weighted by Gasteiger charge is 2.14. The van der Waals surface area contributed by atoms with Crippen molar-refractivity contribution in [1.82, 2.24) is 10.2 Å². The molecule has 2 rings (SSSR count). The second-order valence-electron chi connectivity index (χ2n) is 5.73. The number of urea groups is 1. The van der Waals surface area contributed by atoms with Crippen LogP contribution < -0.4 is 14.8 Å². The summed E-state index contributed by atoms with van der Waals surface area (Å²) < 4.78 is 24.3. The molecule has 2 aromatic carbocycles. The largest absolute Gasteiger partial charge is 0.493 e. The SMILES string of the molecule is COc1ccc(CCNC(=O)N(C)Cc2c(F)cccc2Cl)cc1OC. The van der Waals surface area contributed by atoms with Crippen molar-refractivity contribution in [3.8, 4) is 11.5 Å². The van der Waals surface area contributed by atoms with Gasteiger partial charge >= 0.3 is 6.03 Å². The molecule has 0 radical (unpaired) electrons. The first-order chi connectivity index (χ1) is 12.5. The molecule has 5 nitrogen and oxygen atoms in total. The van der Waals surface area contributed by atoms with Gasteiger partial charge in [-0.05, 0) is 36.2 Å². The van der Waals surface area contributed by atoms with Crippen molar-refractivity contribution in [2.24, 2.45) is 0 Å². The summed E-state index contributed by atoms with van der Waals surface area (Å²) in [5, 5.41) is 3.11. The molecule has 0 aliphatic carbocycles. The fraction of sp³-hybridized carbons (Fsp3) is 0.316. The lowest BCUT2D eigenvalue weighted by molar-refractivity contribution is 0.206. The summed E-state index contributed by atoms with van der Waals surface area (Å²) in [4.78, 5) is 13.6. The van der Waals surface area contributed by atoms with Gasteiger partial charge in [-0.2, -0.15) is 0 Å². The minimum atomic E-state index is -0.428. The summed E-state index contributed by atoms with van der Waals surface area (Å²) in [6, 6.07) is 9.76.